The minimum Gasteiger partial charge on any atom is -0.390 e. The first kappa shape index (κ1) is 9.07. The first-order chi connectivity index (χ1) is 5.08. The van der Waals surface area contributed by atoms with E-state index in [9.17, 15) is 0 Å². The lowest BCUT2D eigenvalue weighted by Crippen LogP contribution is -2.37. The molecule has 1 aliphatic rings. The maximum Gasteiger partial charge on any atom is 0.208 e. The van der Waals surface area contributed by atoms with E-state index in [1.54, 1.807) is 0 Å². The van der Waals surface area contributed by atoms with Gasteiger partial charge in [-0.1, -0.05) is 11.8 Å². The molecule has 0 saturated heterocycles. The summed E-state index contributed by atoms with van der Waals surface area (Å²) in [6, 6.07) is 0. The molecule has 0 aromatic rings. The molecular formula is C8H16NOS+. The first-order valence-electron chi connectivity index (χ1n) is 3.93. The summed E-state index contributed by atoms with van der Waals surface area (Å²) in [7, 11) is 0. The van der Waals surface area contributed by atoms with Crippen molar-refractivity contribution >= 4 is 16.8 Å². The molecule has 0 radical (unpaired) electrons. The number of thioether (sulfide) groups is 1. The Balaban J connectivity index is 2.77. The average Bonchev–Trinajstić information content (AvgIpc) is 2.16. The Bertz CT molecular complexity index is 187. The molecule has 11 heavy (non-hydrogen) atoms. The van der Waals surface area contributed by atoms with E-state index in [2.05, 4.69) is 25.3 Å². The van der Waals surface area contributed by atoms with Crippen LogP contribution in [-0.4, -0.2) is 39.2 Å². The lowest BCUT2D eigenvalue weighted by molar-refractivity contribution is -0.591. The largest absolute Gasteiger partial charge is 0.390 e. The highest BCUT2D eigenvalue weighted by Gasteiger charge is 2.38. The van der Waals surface area contributed by atoms with Crippen molar-refractivity contribution < 1.29 is 9.68 Å². The van der Waals surface area contributed by atoms with Crippen molar-refractivity contribution in [2.75, 3.05) is 18.9 Å². The van der Waals surface area contributed by atoms with Gasteiger partial charge in [-0.15, -0.1) is 0 Å². The number of nitrogens with zero attached hydrogens (tertiary/aromatic N) is 1. The Morgan fingerprint density at radius 2 is 2.27 bits per heavy atom. The van der Waals surface area contributed by atoms with Crippen LogP contribution < -0.4 is 0 Å². The fourth-order valence-electron chi connectivity index (χ4n) is 1.42. The molecule has 1 rings (SSSR count). The van der Waals surface area contributed by atoms with Crippen LogP contribution in [-0.2, 0) is 0 Å². The predicted octanol–water partition coefficient (Wildman–Crippen LogP) is 0.935. The topological polar surface area (TPSA) is 23.2 Å². The monoisotopic (exact) mass is 174 g/mol. The summed E-state index contributed by atoms with van der Waals surface area (Å²) in [5.74, 6) is 1.14. The maximum absolute atomic E-state index is 8.81. The fraction of sp³-hybridized carbons (Fsp3) is 0.875. The molecule has 0 atom stereocenters. The third-order valence-electron chi connectivity index (χ3n) is 2.07. The highest BCUT2D eigenvalue weighted by molar-refractivity contribution is 8.13. The van der Waals surface area contributed by atoms with Crippen LogP contribution in [0.1, 0.15) is 20.8 Å². The van der Waals surface area contributed by atoms with E-state index in [4.69, 9.17) is 5.11 Å². The third-order valence-corrected chi connectivity index (χ3v) is 3.56. The number of hydrogen-bond acceptors (Lipinski definition) is 2. The zero-order valence-corrected chi connectivity index (χ0v) is 8.24. The number of hydrogen-bond donors (Lipinski definition) is 1. The van der Waals surface area contributed by atoms with Crippen LogP contribution in [0, 0.1) is 0 Å². The predicted molar refractivity (Wildman–Crippen MR) is 49.4 cm³/mol. The van der Waals surface area contributed by atoms with Crippen molar-refractivity contribution in [2.24, 2.45) is 0 Å². The van der Waals surface area contributed by atoms with Crippen molar-refractivity contribution in [2.45, 2.75) is 26.3 Å². The van der Waals surface area contributed by atoms with E-state index >= 15 is 0 Å². The number of aliphatic hydroxyl groups is 1. The molecule has 0 spiro atoms. The van der Waals surface area contributed by atoms with E-state index in [0.29, 0.717) is 0 Å². The minimum absolute atomic E-state index is 0.234. The summed E-state index contributed by atoms with van der Waals surface area (Å²) in [5.41, 5.74) is 0.234. The van der Waals surface area contributed by atoms with Crippen LogP contribution in [0.15, 0.2) is 0 Å². The maximum atomic E-state index is 8.81. The Kier molecular flexibility index (Phi) is 2.60. The summed E-state index contributed by atoms with van der Waals surface area (Å²) >= 11 is 1.88. The summed E-state index contributed by atoms with van der Waals surface area (Å²) in [6.45, 7) is 7.57. The van der Waals surface area contributed by atoms with Gasteiger partial charge in [-0.05, 0) is 0 Å². The molecule has 0 fully saturated rings. The molecule has 0 aromatic heterocycles. The van der Waals surface area contributed by atoms with Gasteiger partial charge in [0.1, 0.15) is 6.61 Å². The van der Waals surface area contributed by atoms with Gasteiger partial charge < -0.3 is 5.11 Å². The molecular weight excluding hydrogens is 158 g/mol. The normalized spacial score (nSPS) is 22.9. The van der Waals surface area contributed by atoms with Gasteiger partial charge in [0, 0.05) is 20.8 Å². The summed E-state index contributed by atoms with van der Waals surface area (Å²) in [6.07, 6.45) is 0. The standard InChI is InChI=1S/C8H16NOS/c1-7-9(4-5-10)8(2,3)6-11-7/h10H,4-6H2,1-3H3/q+1. The van der Waals surface area contributed by atoms with Gasteiger partial charge in [-0.3, -0.25) is 0 Å². The number of rotatable bonds is 2. The second-order valence-corrected chi connectivity index (χ2v) is 4.66. The molecule has 2 nitrogen and oxygen atoms in total. The second-order valence-electron chi connectivity index (χ2n) is 3.50. The lowest BCUT2D eigenvalue weighted by atomic mass is 10.1. The van der Waals surface area contributed by atoms with Crippen LogP contribution >= 0.6 is 11.8 Å². The Hall–Kier alpha value is -0.0200. The zero-order valence-electron chi connectivity index (χ0n) is 7.42. The molecule has 1 heterocycles. The van der Waals surface area contributed by atoms with Gasteiger partial charge in [-0.2, -0.15) is 0 Å². The minimum atomic E-state index is 0.234. The number of β-amino-alcohol motifs (C(OH)–C–C–N with tert-alkyl or cyclic N) is 1. The zero-order chi connectivity index (χ0) is 8.48. The molecule has 0 saturated carbocycles. The quantitative estimate of drug-likeness (QED) is 0.630. The molecule has 0 aliphatic carbocycles. The molecule has 0 unspecified atom stereocenters. The van der Waals surface area contributed by atoms with E-state index in [1.165, 1.54) is 5.04 Å². The lowest BCUT2D eigenvalue weighted by Gasteiger charge is -2.15. The number of aliphatic hydroxyl groups excluding tert-OH is 1. The summed E-state index contributed by atoms with van der Waals surface area (Å²) in [4.78, 5) is 0. The van der Waals surface area contributed by atoms with Crippen LogP contribution in [0.25, 0.3) is 0 Å². The molecule has 3 heteroatoms. The van der Waals surface area contributed by atoms with Crippen molar-refractivity contribution in [3.05, 3.63) is 0 Å². The van der Waals surface area contributed by atoms with E-state index in [1.807, 2.05) is 11.8 Å². The van der Waals surface area contributed by atoms with Crippen LogP contribution in [0.5, 0.6) is 0 Å². The van der Waals surface area contributed by atoms with Gasteiger partial charge in [0.15, 0.2) is 12.1 Å². The highest BCUT2D eigenvalue weighted by Crippen LogP contribution is 2.25. The Morgan fingerprint density at radius 1 is 1.64 bits per heavy atom. The molecule has 0 bridgehead atoms. The molecule has 1 N–H and O–H groups in total. The van der Waals surface area contributed by atoms with Gasteiger partial charge in [0.25, 0.3) is 0 Å². The first-order valence-corrected chi connectivity index (χ1v) is 4.91. The average molecular weight is 174 g/mol. The van der Waals surface area contributed by atoms with E-state index in [0.717, 1.165) is 12.3 Å². The van der Waals surface area contributed by atoms with Crippen LogP contribution in [0.3, 0.4) is 0 Å². The SMILES string of the molecule is CC1=[N+](CCO)C(C)(C)CS1. The molecule has 0 amide bonds. The van der Waals surface area contributed by atoms with Crippen LogP contribution in [0.4, 0.5) is 0 Å². The van der Waals surface area contributed by atoms with E-state index in [-0.39, 0.29) is 12.1 Å². The summed E-state index contributed by atoms with van der Waals surface area (Å²) in [5, 5.41) is 10.1. The fourth-order valence-corrected chi connectivity index (χ4v) is 2.64. The third kappa shape index (κ3) is 1.76. The van der Waals surface area contributed by atoms with Crippen molar-refractivity contribution in [3.8, 4) is 0 Å². The Morgan fingerprint density at radius 3 is 2.64 bits per heavy atom. The Labute approximate surface area is 72.3 Å². The van der Waals surface area contributed by atoms with Gasteiger partial charge in [0.05, 0.1) is 5.75 Å². The second kappa shape index (κ2) is 3.15. The van der Waals surface area contributed by atoms with Gasteiger partial charge in [0.2, 0.25) is 5.04 Å². The van der Waals surface area contributed by atoms with Gasteiger partial charge in [-0.25, -0.2) is 4.58 Å². The smallest absolute Gasteiger partial charge is 0.208 e. The van der Waals surface area contributed by atoms with Crippen LogP contribution in [0.2, 0.25) is 0 Å². The van der Waals surface area contributed by atoms with E-state index < -0.39 is 0 Å². The molecule has 64 valence electrons. The molecule has 0 aromatic carbocycles. The molecule has 1 aliphatic heterocycles. The van der Waals surface area contributed by atoms with Crippen molar-refractivity contribution in [1.29, 1.82) is 0 Å². The highest BCUT2D eigenvalue weighted by atomic mass is 32.2. The van der Waals surface area contributed by atoms with Crippen molar-refractivity contribution in [3.63, 3.8) is 0 Å². The summed E-state index contributed by atoms with van der Waals surface area (Å²) < 4.78 is 2.28. The van der Waals surface area contributed by atoms with Crippen molar-refractivity contribution in [1.82, 2.24) is 0 Å². The van der Waals surface area contributed by atoms with Gasteiger partial charge >= 0.3 is 0 Å².